The highest BCUT2D eigenvalue weighted by Gasteiger charge is 2.12. The number of nitrogens with one attached hydrogen (secondary N) is 1. The average molecular weight is 237 g/mol. The van der Waals surface area contributed by atoms with E-state index in [0.29, 0.717) is 25.1 Å². The molecule has 0 aliphatic carbocycles. The summed E-state index contributed by atoms with van der Waals surface area (Å²) < 4.78 is 0. The fourth-order valence-corrected chi connectivity index (χ4v) is 1.49. The zero-order valence-corrected chi connectivity index (χ0v) is 9.80. The molecule has 1 N–H and O–H groups in total. The Balaban J connectivity index is 2.72. The maximum Gasteiger partial charge on any atom is 0.292 e. The lowest BCUT2D eigenvalue weighted by molar-refractivity contribution is -0.383. The third-order valence-corrected chi connectivity index (χ3v) is 2.36. The minimum Gasteiger partial charge on any atom is -0.379 e. The van der Waals surface area contributed by atoms with Crippen molar-refractivity contribution in [3.63, 3.8) is 0 Å². The lowest BCUT2D eigenvalue weighted by Gasteiger charge is -2.06. The van der Waals surface area contributed by atoms with Crippen molar-refractivity contribution in [2.75, 3.05) is 11.9 Å². The summed E-state index contributed by atoms with van der Waals surface area (Å²) in [4.78, 5) is 10.4. The molecular formula is C10H12N3O2P. The summed E-state index contributed by atoms with van der Waals surface area (Å²) in [6, 6.07) is 6.98. The largest absolute Gasteiger partial charge is 0.379 e. The first-order valence-corrected chi connectivity index (χ1v) is 5.37. The number of unbranched alkanes of at least 4 members (excludes halogenated alkanes) is 1. The summed E-state index contributed by atoms with van der Waals surface area (Å²) in [6.07, 6.45) is 1.12. The lowest BCUT2D eigenvalue weighted by Crippen LogP contribution is -2.06. The average Bonchev–Trinajstić information content (AvgIpc) is 2.26. The molecule has 0 saturated heterocycles. The van der Waals surface area contributed by atoms with Crippen molar-refractivity contribution >= 4 is 25.9 Å². The molecule has 0 saturated carbocycles. The molecule has 0 bridgehead atoms. The highest BCUT2D eigenvalue weighted by Crippen LogP contribution is 2.23. The van der Waals surface area contributed by atoms with Crippen LogP contribution in [0.25, 0.3) is 0 Å². The number of nitro benzene ring substituents is 1. The molecule has 0 spiro atoms. The Bertz CT molecular complexity index is 429. The monoisotopic (exact) mass is 237 g/mol. The van der Waals surface area contributed by atoms with Gasteiger partial charge in [0.2, 0.25) is 0 Å². The van der Waals surface area contributed by atoms with Crippen LogP contribution in [0, 0.1) is 21.4 Å². The lowest BCUT2D eigenvalue weighted by atomic mass is 10.2. The van der Waals surface area contributed by atoms with Crippen LogP contribution in [0.3, 0.4) is 0 Å². The van der Waals surface area contributed by atoms with E-state index < -0.39 is 4.92 Å². The SMILES string of the molecule is N#CCCCNc1ccc(P)cc1[N+](=O)[O-]. The number of nitro groups is 1. The van der Waals surface area contributed by atoms with Gasteiger partial charge in [0.05, 0.1) is 11.0 Å². The Morgan fingerprint density at radius 1 is 1.56 bits per heavy atom. The summed E-state index contributed by atoms with van der Waals surface area (Å²) in [7, 11) is 2.42. The van der Waals surface area contributed by atoms with E-state index in [0.717, 1.165) is 5.30 Å². The quantitative estimate of drug-likeness (QED) is 0.366. The first-order chi connectivity index (χ1) is 7.65. The third kappa shape index (κ3) is 3.48. The van der Waals surface area contributed by atoms with Crippen LogP contribution in [-0.4, -0.2) is 11.5 Å². The topological polar surface area (TPSA) is 79.0 Å². The van der Waals surface area contributed by atoms with Crippen LogP contribution in [0.15, 0.2) is 18.2 Å². The van der Waals surface area contributed by atoms with Crippen molar-refractivity contribution in [1.82, 2.24) is 0 Å². The highest BCUT2D eigenvalue weighted by atomic mass is 31.0. The van der Waals surface area contributed by atoms with Gasteiger partial charge in [0, 0.05) is 19.0 Å². The van der Waals surface area contributed by atoms with Gasteiger partial charge < -0.3 is 5.32 Å². The second kappa shape index (κ2) is 6.04. The molecule has 16 heavy (non-hydrogen) atoms. The van der Waals surface area contributed by atoms with Gasteiger partial charge in [0.1, 0.15) is 5.69 Å². The van der Waals surface area contributed by atoms with Gasteiger partial charge in [-0.1, -0.05) is 6.07 Å². The van der Waals surface area contributed by atoms with Gasteiger partial charge >= 0.3 is 0 Å². The van der Waals surface area contributed by atoms with E-state index in [4.69, 9.17) is 5.26 Å². The van der Waals surface area contributed by atoms with Crippen LogP contribution in [0.5, 0.6) is 0 Å². The van der Waals surface area contributed by atoms with Gasteiger partial charge in [-0.25, -0.2) is 0 Å². The van der Waals surface area contributed by atoms with E-state index in [9.17, 15) is 10.1 Å². The predicted octanol–water partition coefficient (Wildman–Crippen LogP) is 1.81. The van der Waals surface area contributed by atoms with Crippen molar-refractivity contribution in [2.24, 2.45) is 0 Å². The Morgan fingerprint density at radius 3 is 2.94 bits per heavy atom. The molecule has 0 aromatic heterocycles. The number of benzene rings is 1. The van der Waals surface area contributed by atoms with Gasteiger partial charge in [-0.3, -0.25) is 10.1 Å². The summed E-state index contributed by atoms with van der Waals surface area (Å²) in [5.41, 5.74) is 0.554. The summed E-state index contributed by atoms with van der Waals surface area (Å²) in [5.74, 6) is 0. The minimum atomic E-state index is -0.416. The van der Waals surface area contributed by atoms with E-state index >= 15 is 0 Å². The molecule has 0 amide bonds. The van der Waals surface area contributed by atoms with E-state index in [1.807, 2.05) is 6.07 Å². The number of hydrogen-bond acceptors (Lipinski definition) is 4. The van der Waals surface area contributed by atoms with Gasteiger partial charge in [-0.2, -0.15) is 5.26 Å². The second-order valence-corrected chi connectivity index (χ2v) is 3.89. The molecule has 0 aliphatic rings. The standard InChI is InChI=1S/C10H12N3O2P/c11-5-1-2-6-12-9-4-3-8(16)7-10(9)13(14)15/h3-4,7,12H,1-2,6,16H2. The van der Waals surface area contributed by atoms with E-state index in [2.05, 4.69) is 14.6 Å². The highest BCUT2D eigenvalue weighted by molar-refractivity contribution is 7.27. The first kappa shape index (κ1) is 12.4. The number of anilines is 1. The Kier molecular flexibility index (Phi) is 4.68. The Labute approximate surface area is 95.8 Å². The number of hydrogen-bond donors (Lipinski definition) is 1. The summed E-state index contributed by atoms with van der Waals surface area (Å²) >= 11 is 0. The molecule has 1 aromatic rings. The molecule has 6 heteroatoms. The fourth-order valence-electron chi connectivity index (χ4n) is 1.24. The molecule has 84 valence electrons. The maximum absolute atomic E-state index is 10.8. The van der Waals surface area contributed by atoms with Gasteiger partial charge in [0.15, 0.2) is 0 Å². The van der Waals surface area contributed by atoms with Crippen molar-refractivity contribution in [3.05, 3.63) is 28.3 Å². The van der Waals surface area contributed by atoms with Crippen LogP contribution < -0.4 is 10.6 Å². The van der Waals surface area contributed by atoms with E-state index in [1.165, 1.54) is 6.07 Å². The van der Waals surface area contributed by atoms with Crippen molar-refractivity contribution in [3.8, 4) is 6.07 Å². The third-order valence-electron chi connectivity index (χ3n) is 2.00. The zero-order valence-electron chi connectivity index (χ0n) is 8.64. The van der Waals surface area contributed by atoms with Crippen molar-refractivity contribution in [2.45, 2.75) is 12.8 Å². The number of rotatable bonds is 5. The smallest absolute Gasteiger partial charge is 0.292 e. The van der Waals surface area contributed by atoms with Crippen molar-refractivity contribution in [1.29, 1.82) is 5.26 Å². The fraction of sp³-hybridized carbons (Fsp3) is 0.300. The molecule has 0 aliphatic heterocycles. The number of nitriles is 1. The minimum absolute atomic E-state index is 0.0597. The molecule has 1 unspecified atom stereocenters. The molecule has 0 heterocycles. The molecule has 0 radical (unpaired) electrons. The summed E-state index contributed by atoms with van der Waals surface area (Å²) in [6.45, 7) is 0.560. The second-order valence-electron chi connectivity index (χ2n) is 3.22. The van der Waals surface area contributed by atoms with Crippen molar-refractivity contribution < 1.29 is 4.92 Å². The van der Waals surface area contributed by atoms with Crippen LogP contribution in [0.2, 0.25) is 0 Å². The molecule has 5 nitrogen and oxygen atoms in total. The molecule has 0 fully saturated rings. The maximum atomic E-state index is 10.8. The van der Waals surface area contributed by atoms with Crippen LogP contribution in [-0.2, 0) is 0 Å². The summed E-state index contributed by atoms with van der Waals surface area (Å²) in [5, 5.41) is 22.8. The molecule has 1 atom stereocenters. The Morgan fingerprint density at radius 2 is 2.31 bits per heavy atom. The molecule has 1 aromatic carbocycles. The van der Waals surface area contributed by atoms with Gasteiger partial charge in [-0.05, 0) is 17.8 Å². The van der Waals surface area contributed by atoms with Gasteiger partial charge in [-0.15, -0.1) is 9.24 Å². The van der Waals surface area contributed by atoms with E-state index in [1.54, 1.807) is 12.1 Å². The van der Waals surface area contributed by atoms with E-state index in [-0.39, 0.29) is 5.69 Å². The first-order valence-electron chi connectivity index (χ1n) is 4.80. The molecular weight excluding hydrogens is 225 g/mol. The van der Waals surface area contributed by atoms with Crippen LogP contribution >= 0.6 is 9.24 Å². The zero-order chi connectivity index (χ0) is 12.0. The Hall–Kier alpha value is -1.66. The van der Waals surface area contributed by atoms with Gasteiger partial charge in [0.25, 0.3) is 5.69 Å². The van der Waals surface area contributed by atoms with Crippen LogP contribution in [0.1, 0.15) is 12.8 Å². The molecule has 1 rings (SSSR count). The predicted molar refractivity (Wildman–Crippen MR) is 65.8 cm³/mol. The van der Waals surface area contributed by atoms with Crippen LogP contribution in [0.4, 0.5) is 11.4 Å². The normalized spacial score (nSPS) is 9.50. The number of nitrogens with zero attached hydrogens (tertiary/aromatic N) is 2.